The molecular weight excluding hydrogens is 642 g/mol. The molecule has 0 radical (unpaired) electrons. The summed E-state index contributed by atoms with van der Waals surface area (Å²) in [6, 6.07) is -1.52. The molecule has 8 nitrogen and oxygen atoms in total. The Labute approximate surface area is 299 Å². The lowest BCUT2D eigenvalue weighted by Crippen LogP contribution is -2.68. The third-order valence-corrected chi connectivity index (χ3v) is 15.8. The second kappa shape index (κ2) is 11.7. The van der Waals surface area contributed by atoms with E-state index in [1.807, 2.05) is 13.8 Å². The first-order chi connectivity index (χ1) is 22.7. The Morgan fingerprint density at radius 2 is 1.52 bits per heavy atom. The molecule has 2 heterocycles. The molecule has 0 aromatic carbocycles. The zero-order valence-electron chi connectivity index (χ0n) is 32.6. The Hall–Kier alpha value is -1.52. The van der Waals surface area contributed by atoms with E-state index in [0.29, 0.717) is 6.42 Å². The number of likely N-dealkylation sites (tertiary alicyclic amines) is 1. The highest BCUT2D eigenvalue weighted by Gasteiger charge is 2.72. The number of ether oxygens (including phenoxy) is 2. The number of halogens is 2. The van der Waals surface area contributed by atoms with Crippen LogP contribution in [-0.4, -0.2) is 80.7 Å². The largest absolute Gasteiger partial charge is 0.444 e. The lowest BCUT2D eigenvalue weighted by Gasteiger charge is -2.71. The first-order valence-electron chi connectivity index (χ1n) is 19.4. The van der Waals surface area contributed by atoms with E-state index in [4.69, 9.17) is 9.47 Å². The van der Waals surface area contributed by atoms with Gasteiger partial charge in [-0.3, -0.25) is 9.69 Å². The summed E-state index contributed by atoms with van der Waals surface area (Å²) >= 11 is 0. The fourth-order valence-corrected chi connectivity index (χ4v) is 13.2. The second-order valence-electron chi connectivity index (χ2n) is 20.7. The highest BCUT2D eigenvalue weighted by molar-refractivity contribution is 5.87. The Bertz CT molecular complexity index is 1360. The lowest BCUT2D eigenvalue weighted by molar-refractivity contribution is -0.240. The zero-order valence-corrected chi connectivity index (χ0v) is 32.6. The molecule has 2 saturated heterocycles. The minimum absolute atomic E-state index is 0.0109. The van der Waals surface area contributed by atoms with Crippen molar-refractivity contribution in [2.24, 2.45) is 45.3 Å². The quantitative estimate of drug-likeness (QED) is 0.280. The summed E-state index contributed by atoms with van der Waals surface area (Å²) in [5.74, 6) is -2.81. The molecule has 3 N–H and O–H groups in total. The third kappa shape index (κ3) is 5.92. The van der Waals surface area contributed by atoms with Gasteiger partial charge in [0.05, 0.1) is 30.0 Å². The van der Waals surface area contributed by atoms with Crippen molar-refractivity contribution in [2.75, 3.05) is 6.54 Å². The van der Waals surface area contributed by atoms with Crippen molar-refractivity contribution in [3.8, 4) is 0 Å². The molecule has 10 heteroatoms. The molecule has 6 aliphatic rings. The van der Waals surface area contributed by atoms with Gasteiger partial charge in [0.15, 0.2) is 0 Å². The van der Waals surface area contributed by atoms with E-state index in [1.165, 1.54) is 0 Å². The average molecular weight is 709 g/mol. The summed E-state index contributed by atoms with van der Waals surface area (Å²) in [6.07, 6.45) is 5.83. The standard InChI is InChI=1S/C40H66F2N2O6/c1-33(2,3)50-32(47)44-22-40(41,42)21-24(44)31(46)43-28-14-16-36(8)26(34(28,4)5)13-18-37(9)27(36)20-25(45)30-23(12-17-38(30,37)10)39(11)19-15-29(49-39)35(6,7)48/h23-30,45,48H,12-22H2,1-11H3,(H,43,46)/t23-,24-,25+,26-,27+,28-,29+,30-,36-,37+,38+,39-/m0/s1. The van der Waals surface area contributed by atoms with E-state index in [-0.39, 0.29) is 63.1 Å². The van der Waals surface area contributed by atoms with Crippen molar-refractivity contribution >= 4 is 12.0 Å². The van der Waals surface area contributed by atoms with Crippen molar-refractivity contribution < 1.29 is 38.1 Å². The molecule has 4 aliphatic carbocycles. The molecule has 6 rings (SSSR count). The van der Waals surface area contributed by atoms with Gasteiger partial charge in [0.2, 0.25) is 5.91 Å². The van der Waals surface area contributed by atoms with Crippen LogP contribution >= 0.6 is 0 Å². The summed E-state index contributed by atoms with van der Waals surface area (Å²) in [7, 11) is 0. The van der Waals surface area contributed by atoms with Crippen molar-refractivity contribution in [1.82, 2.24) is 10.2 Å². The van der Waals surface area contributed by atoms with E-state index in [2.05, 4.69) is 46.9 Å². The summed E-state index contributed by atoms with van der Waals surface area (Å²) < 4.78 is 41.5. The molecular formula is C40H66F2N2O6. The van der Waals surface area contributed by atoms with Crippen LogP contribution in [0.1, 0.15) is 140 Å². The normalized spacial score (nSPS) is 46.9. The number of aliphatic hydroxyl groups is 2. The van der Waals surface area contributed by atoms with Gasteiger partial charge in [-0.15, -0.1) is 0 Å². The molecule has 0 spiro atoms. The van der Waals surface area contributed by atoms with Crippen LogP contribution in [0.4, 0.5) is 13.6 Å². The number of hydrogen-bond acceptors (Lipinski definition) is 6. The summed E-state index contributed by atoms with van der Waals surface area (Å²) in [4.78, 5) is 27.6. The Kier molecular flexibility index (Phi) is 8.97. The van der Waals surface area contributed by atoms with E-state index >= 15 is 0 Å². The maximum Gasteiger partial charge on any atom is 0.411 e. The van der Waals surface area contributed by atoms with Crippen LogP contribution < -0.4 is 5.32 Å². The van der Waals surface area contributed by atoms with Crippen LogP contribution in [0, 0.1) is 45.3 Å². The molecule has 6 fully saturated rings. The minimum Gasteiger partial charge on any atom is -0.444 e. The summed E-state index contributed by atoms with van der Waals surface area (Å²) in [5, 5.41) is 26.2. The highest BCUT2D eigenvalue weighted by atomic mass is 19.3. The first kappa shape index (κ1) is 38.2. The lowest BCUT2D eigenvalue weighted by atomic mass is 9.35. The third-order valence-electron chi connectivity index (χ3n) is 15.8. The molecule has 0 unspecified atom stereocenters. The SMILES string of the molecule is CC(C)(C)OC(=O)N1CC(F)(F)C[C@H]1C(=O)N[C@H]1CC[C@]2(C)[C@H]3C[C@@H](O)[C@@H]4[C@@H]([C@]5(C)CC[C@H](C(C)(C)O)O5)CC[C@@]4(C)[C@]3(C)CC[C@H]2C1(C)C. The van der Waals surface area contributed by atoms with Crippen LogP contribution in [0.2, 0.25) is 0 Å². The molecule has 2 aliphatic heterocycles. The number of nitrogens with one attached hydrogen (secondary N) is 1. The van der Waals surface area contributed by atoms with Gasteiger partial charge < -0.3 is 25.0 Å². The first-order valence-corrected chi connectivity index (χ1v) is 19.4. The van der Waals surface area contributed by atoms with Gasteiger partial charge in [-0.25, -0.2) is 13.6 Å². The maximum atomic E-state index is 14.7. The van der Waals surface area contributed by atoms with Crippen molar-refractivity contribution in [3.05, 3.63) is 0 Å². The van der Waals surface area contributed by atoms with E-state index in [9.17, 15) is 28.6 Å². The van der Waals surface area contributed by atoms with Crippen LogP contribution in [-0.2, 0) is 14.3 Å². The van der Waals surface area contributed by atoms with Crippen molar-refractivity contribution in [3.63, 3.8) is 0 Å². The molecule has 0 bridgehead atoms. The van der Waals surface area contributed by atoms with Gasteiger partial charge in [-0.05, 0) is 145 Å². The maximum absolute atomic E-state index is 14.7. The minimum atomic E-state index is -3.17. The average Bonchev–Trinajstić information content (AvgIpc) is 3.65. The molecule has 50 heavy (non-hydrogen) atoms. The zero-order chi connectivity index (χ0) is 37.3. The number of hydrogen-bond donors (Lipinski definition) is 3. The molecule has 12 atom stereocenters. The second-order valence-corrected chi connectivity index (χ2v) is 20.7. The fourth-order valence-electron chi connectivity index (χ4n) is 13.2. The van der Waals surface area contributed by atoms with Crippen LogP contribution in [0.25, 0.3) is 0 Å². The molecule has 4 saturated carbocycles. The molecule has 0 aromatic rings. The molecule has 2 amide bonds. The number of nitrogens with zero attached hydrogens (tertiary/aromatic N) is 1. The number of aliphatic hydroxyl groups excluding tert-OH is 1. The molecule has 286 valence electrons. The number of rotatable bonds is 4. The Balaban J connectivity index is 1.21. The number of carbonyl (C=O) groups excluding carboxylic acids is 2. The van der Waals surface area contributed by atoms with E-state index in [1.54, 1.807) is 20.8 Å². The monoisotopic (exact) mass is 708 g/mol. The number of fused-ring (bicyclic) bond motifs is 5. The number of alkyl halides is 2. The fraction of sp³-hybridized carbons (Fsp3) is 0.950. The highest BCUT2D eigenvalue weighted by Crippen LogP contribution is 2.76. The van der Waals surface area contributed by atoms with Crippen molar-refractivity contribution in [2.45, 2.75) is 187 Å². The Morgan fingerprint density at radius 3 is 2.12 bits per heavy atom. The Morgan fingerprint density at radius 1 is 0.880 bits per heavy atom. The van der Waals surface area contributed by atoms with Crippen LogP contribution in [0.15, 0.2) is 0 Å². The van der Waals surface area contributed by atoms with Crippen LogP contribution in [0.3, 0.4) is 0 Å². The van der Waals surface area contributed by atoms with Gasteiger partial charge in [0, 0.05) is 12.5 Å². The summed E-state index contributed by atoms with van der Waals surface area (Å²) in [5.41, 5.74) is -2.61. The predicted octanol–water partition coefficient (Wildman–Crippen LogP) is 7.48. The van der Waals surface area contributed by atoms with Crippen molar-refractivity contribution in [1.29, 1.82) is 0 Å². The topological polar surface area (TPSA) is 108 Å². The van der Waals surface area contributed by atoms with Gasteiger partial charge in [-0.1, -0.05) is 34.6 Å². The van der Waals surface area contributed by atoms with Crippen LogP contribution in [0.5, 0.6) is 0 Å². The van der Waals surface area contributed by atoms with Gasteiger partial charge in [0.25, 0.3) is 5.92 Å². The number of carbonyl (C=O) groups is 2. The van der Waals surface area contributed by atoms with Gasteiger partial charge in [0.1, 0.15) is 11.6 Å². The predicted molar refractivity (Wildman–Crippen MR) is 187 cm³/mol. The summed E-state index contributed by atoms with van der Waals surface area (Å²) in [6.45, 7) is 21.9. The van der Waals surface area contributed by atoms with Gasteiger partial charge >= 0.3 is 6.09 Å². The molecule has 0 aromatic heterocycles. The smallest absolute Gasteiger partial charge is 0.411 e. The van der Waals surface area contributed by atoms with E-state index in [0.717, 1.165) is 56.3 Å². The van der Waals surface area contributed by atoms with E-state index < -0.39 is 54.2 Å². The van der Waals surface area contributed by atoms with Gasteiger partial charge in [-0.2, -0.15) is 0 Å². The number of amides is 2.